The Labute approximate surface area is 117 Å². The average molecular weight is 262 g/mol. The van der Waals surface area contributed by atoms with Crippen molar-refractivity contribution in [1.82, 2.24) is 10.2 Å². The molecule has 0 saturated heterocycles. The van der Waals surface area contributed by atoms with Gasteiger partial charge in [0.25, 0.3) is 0 Å². The molecule has 0 spiro atoms. The molecule has 0 saturated carbocycles. The number of benzene rings is 1. The number of amides is 1. The van der Waals surface area contributed by atoms with Crippen molar-refractivity contribution < 1.29 is 4.79 Å². The van der Waals surface area contributed by atoms with Crippen LogP contribution in [0, 0.1) is 6.92 Å². The number of hydrogen-bond donors (Lipinski definition) is 1. The van der Waals surface area contributed by atoms with Gasteiger partial charge in [0.1, 0.15) is 0 Å². The van der Waals surface area contributed by atoms with Crippen molar-refractivity contribution in [2.75, 3.05) is 13.6 Å². The molecule has 0 bridgehead atoms. The van der Waals surface area contributed by atoms with Gasteiger partial charge in [0.2, 0.25) is 5.91 Å². The molecule has 1 aromatic carbocycles. The zero-order valence-corrected chi connectivity index (χ0v) is 12.9. The zero-order valence-electron chi connectivity index (χ0n) is 12.9. The average Bonchev–Trinajstić information content (AvgIpc) is 2.34. The Bertz CT molecular complexity index is 417. The molecule has 1 aromatic rings. The molecule has 106 valence electrons. The van der Waals surface area contributed by atoms with Crippen LogP contribution in [0.4, 0.5) is 0 Å². The smallest absolute Gasteiger partial charge is 0.236 e. The third-order valence-corrected chi connectivity index (χ3v) is 3.30. The molecule has 0 radical (unpaired) electrons. The summed E-state index contributed by atoms with van der Waals surface area (Å²) in [4.78, 5) is 13.9. The normalized spacial score (nSPS) is 13.2. The van der Waals surface area contributed by atoms with Gasteiger partial charge in [-0.3, -0.25) is 4.79 Å². The first-order chi connectivity index (χ1) is 8.70. The second-order valence-electron chi connectivity index (χ2n) is 6.19. The molecule has 3 nitrogen and oxygen atoms in total. The first-order valence-electron chi connectivity index (χ1n) is 6.78. The van der Waals surface area contributed by atoms with Crippen molar-refractivity contribution in [3.05, 3.63) is 35.4 Å². The molecule has 0 heterocycles. The molecule has 0 fully saturated rings. The SMILES string of the molecule is Cc1ccc(C(C)N(C)C(=O)CNC(C)(C)C)cc1. The Kier molecular flexibility index (Phi) is 5.12. The Morgan fingerprint density at radius 3 is 2.26 bits per heavy atom. The molecule has 0 aliphatic heterocycles. The molecule has 19 heavy (non-hydrogen) atoms. The number of nitrogens with one attached hydrogen (secondary N) is 1. The Morgan fingerprint density at radius 1 is 1.26 bits per heavy atom. The van der Waals surface area contributed by atoms with Crippen molar-refractivity contribution >= 4 is 5.91 Å². The van der Waals surface area contributed by atoms with Crippen molar-refractivity contribution in [2.45, 2.75) is 46.2 Å². The monoisotopic (exact) mass is 262 g/mol. The topological polar surface area (TPSA) is 32.3 Å². The van der Waals surface area contributed by atoms with E-state index >= 15 is 0 Å². The molecule has 0 aliphatic rings. The lowest BCUT2D eigenvalue weighted by atomic mass is 10.1. The highest BCUT2D eigenvalue weighted by atomic mass is 16.2. The molecule has 1 rings (SSSR count). The maximum Gasteiger partial charge on any atom is 0.236 e. The van der Waals surface area contributed by atoms with Crippen molar-refractivity contribution in [2.24, 2.45) is 0 Å². The lowest BCUT2D eigenvalue weighted by Gasteiger charge is -2.28. The summed E-state index contributed by atoms with van der Waals surface area (Å²) in [6.45, 7) is 10.7. The van der Waals surface area contributed by atoms with Gasteiger partial charge in [-0.2, -0.15) is 0 Å². The van der Waals surface area contributed by atoms with Gasteiger partial charge in [-0.05, 0) is 40.2 Å². The molecule has 1 amide bonds. The maximum atomic E-state index is 12.1. The van der Waals surface area contributed by atoms with Crippen molar-refractivity contribution in [3.8, 4) is 0 Å². The molecule has 0 aromatic heterocycles. The fraction of sp³-hybridized carbons (Fsp3) is 0.562. The third-order valence-electron chi connectivity index (χ3n) is 3.30. The second-order valence-corrected chi connectivity index (χ2v) is 6.19. The molecular formula is C16H26N2O. The highest BCUT2D eigenvalue weighted by Crippen LogP contribution is 2.19. The predicted molar refractivity (Wildman–Crippen MR) is 80.1 cm³/mol. The predicted octanol–water partition coefficient (Wildman–Crippen LogP) is 2.90. The Morgan fingerprint density at radius 2 is 1.79 bits per heavy atom. The van der Waals surface area contributed by atoms with E-state index < -0.39 is 0 Å². The summed E-state index contributed by atoms with van der Waals surface area (Å²) in [6.07, 6.45) is 0. The minimum absolute atomic E-state index is 0.0381. The number of carbonyl (C=O) groups excluding carboxylic acids is 1. The number of rotatable bonds is 4. The van der Waals surface area contributed by atoms with Gasteiger partial charge >= 0.3 is 0 Å². The minimum Gasteiger partial charge on any atom is -0.338 e. The highest BCUT2D eigenvalue weighted by molar-refractivity contribution is 5.78. The minimum atomic E-state index is -0.0381. The molecule has 1 atom stereocenters. The van der Waals surface area contributed by atoms with Gasteiger partial charge in [0.15, 0.2) is 0 Å². The number of likely N-dealkylation sites (N-methyl/N-ethyl adjacent to an activating group) is 1. The van der Waals surface area contributed by atoms with Crippen LogP contribution in [-0.2, 0) is 4.79 Å². The number of nitrogens with zero attached hydrogens (tertiary/aromatic N) is 1. The summed E-state index contributed by atoms with van der Waals surface area (Å²) >= 11 is 0. The van der Waals surface area contributed by atoms with Gasteiger partial charge in [0.05, 0.1) is 12.6 Å². The van der Waals surface area contributed by atoms with Gasteiger partial charge in [0, 0.05) is 12.6 Å². The van der Waals surface area contributed by atoms with Crippen LogP contribution in [0.5, 0.6) is 0 Å². The van der Waals surface area contributed by atoms with Gasteiger partial charge < -0.3 is 10.2 Å². The molecule has 3 heteroatoms. The van der Waals surface area contributed by atoms with E-state index in [1.807, 2.05) is 7.05 Å². The zero-order chi connectivity index (χ0) is 14.6. The highest BCUT2D eigenvalue weighted by Gasteiger charge is 2.19. The largest absolute Gasteiger partial charge is 0.338 e. The van der Waals surface area contributed by atoms with E-state index in [4.69, 9.17) is 0 Å². The van der Waals surface area contributed by atoms with E-state index in [0.717, 1.165) is 5.56 Å². The van der Waals surface area contributed by atoms with Crippen LogP contribution >= 0.6 is 0 Å². The molecule has 1 unspecified atom stereocenters. The van der Waals surface area contributed by atoms with E-state index in [2.05, 4.69) is 64.2 Å². The van der Waals surface area contributed by atoms with Crippen LogP contribution in [0.1, 0.15) is 44.9 Å². The van der Waals surface area contributed by atoms with E-state index in [0.29, 0.717) is 6.54 Å². The van der Waals surface area contributed by atoms with Crippen LogP contribution in [0.2, 0.25) is 0 Å². The van der Waals surface area contributed by atoms with Crippen molar-refractivity contribution in [1.29, 1.82) is 0 Å². The first kappa shape index (κ1) is 15.7. The van der Waals surface area contributed by atoms with E-state index in [9.17, 15) is 4.79 Å². The quantitative estimate of drug-likeness (QED) is 0.905. The summed E-state index contributed by atoms with van der Waals surface area (Å²) in [6, 6.07) is 8.42. The molecule has 1 N–H and O–H groups in total. The number of hydrogen-bond acceptors (Lipinski definition) is 2. The molecular weight excluding hydrogens is 236 g/mol. The van der Waals surface area contributed by atoms with Gasteiger partial charge in [-0.15, -0.1) is 0 Å². The van der Waals surface area contributed by atoms with Crippen LogP contribution in [0.25, 0.3) is 0 Å². The van der Waals surface area contributed by atoms with Gasteiger partial charge in [-0.25, -0.2) is 0 Å². The maximum absolute atomic E-state index is 12.1. The van der Waals surface area contributed by atoms with E-state index in [-0.39, 0.29) is 17.5 Å². The Balaban J connectivity index is 2.63. The Hall–Kier alpha value is -1.35. The second kappa shape index (κ2) is 6.20. The fourth-order valence-corrected chi connectivity index (χ4v) is 1.75. The summed E-state index contributed by atoms with van der Waals surface area (Å²) in [5.41, 5.74) is 2.36. The summed E-state index contributed by atoms with van der Waals surface area (Å²) in [5, 5.41) is 3.23. The third kappa shape index (κ3) is 5.03. The lowest BCUT2D eigenvalue weighted by molar-refractivity contribution is -0.131. The first-order valence-corrected chi connectivity index (χ1v) is 6.78. The van der Waals surface area contributed by atoms with Crippen LogP contribution in [0.15, 0.2) is 24.3 Å². The number of aryl methyl sites for hydroxylation is 1. The standard InChI is InChI=1S/C16H26N2O/c1-12-7-9-14(10-8-12)13(2)18(6)15(19)11-17-16(3,4)5/h7-10,13,17H,11H2,1-6H3. The summed E-state index contributed by atoms with van der Waals surface area (Å²) in [5.74, 6) is 0.114. The molecule has 0 aliphatic carbocycles. The number of carbonyl (C=O) groups is 1. The van der Waals surface area contributed by atoms with Gasteiger partial charge in [-0.1, -0.05) is 29.8 Å². The van der Waals surface area contributed by atoms with Crippen LogP contribution < -0.4 is 5.32 Å². The summed E-state index contributed by atoms with van der Waals surface area (Å²) in [7, 11) is 1.86. The van der Waals surface area contributed by atoms with E-state index in [1.54, 1.807) is 4.90 Å². The lowest BCUT2D eigenvalue weighted by Crippen LogP contribution is -2.44. The summed E-state index contributed by atoms with van der Waals surface area (Å²) < 4.78 is 0. The van der Waals surface area contributed by atoms with Crippen LogP contribution in [-0.4, -0.2) is 29.9 Å². The van der Waals surface area contributed by atoms with Crippen LogP contribution in [0.3, 0.4) is 0 Å². The fourth-order valence-electron chi connectivity index (χ4n) is 1.75. The van der Waals surface area contributed by atoms with Crippen molar-refractivity contribution in [3.63, 3.8) is 0 Å². The van der Waals surface area contributed by atoms with E-state index in [1.165, 1.54) is 5.56 Å².